The molecule has 0 bridgehead atoms. The number of fused-ring (bicyclic) bond motifs is 1. The minimum Gasteiger partial charge on any atom is -0.478 e. The van der Waals surface area contributed by atoms with Gasteiger partial charge in [0.05, 0.1) is 22.1 Å². The number of hydrogen-bond donors (Lipinski definition) is 6. The zero-order valence-electron chi connectivity index (χ0n) is 24.0. The highest BCUT2D eigenvalue weighted by molar-refractivity contribution is 5.92. The standard InChI is InChI=1S/C33H25N3O11/c37-24(17-8-1-2-9-18(17)28(39)40)25-32(45,22-13-5-3-10-19(22)29(41)42)33(46,23-14-6-4-11-20(23)30(43)44)31(47-25)36-16-35-26-21(27(36)38)12-7-15-34-26/h1-16,24-25,31,37,45-46H,(H,39,40)(H,41,42)(H,43,44)/t24?,25-,31-,32-,33+/m1/s1. The van der Waals surface area contributed by atoms with Gasteiger partial charge in [-0.1, -0.05) is 54.6 Å². The molecule has 1 fully saturated rings. The number of aromatic carboxylic acids is 3. The molecular weight excluding hydrogens is 614 g/mol. The van der Waals surface area contributed by atoms with Gasteiger partial charge in [0.15, 0.2) is 23.1 Å². The van der Waals surface area contributed by atoms with Crippen molar-refractivity contribution < 1.29 is 49.8 Å². The molecule has 1 saturated heterocycles. The number of aromatic nitrogens is 3. The lowest BCUT2D eigenvalue weighted by Crippen LogP contribution is -2.56. The Morgan fingerprint density at radius 3 is 1.85 bits per heavy atom. The van der Waals surface area contributed by atoms with Crippen LogP contribution in [0.5, 0.6) is 0 Å². The van der Waals surface area contributed by atoms with Gasteiger partial charge in [-0.25, -0.2) is 24.4 Å². The minimum atomic E-state index is -3.10. The van der Waals surface area contributed by atoms with Crippen LogP contribution < -0.4 is 5.56 Å². The molecular formula is C33H25N3O11. The number of carbonyl (C=O) groups is 3. The van der Waals surface area contributed by atoms with Crippen molar-refractivity contribution in [2.24, 2.45) is 0 Å². The van der Waals surface area contributed by atoms with Crippen LogP contribution >= 0.6 is 0 Å². The molecule has 6 rings (SSSR count). The molecule has 1 aliphatic rings. The summed E-state index contributed by atoms with van der Waals surface area (Å²) < 4.78 is 6.98. The summed E-state index contributed by atoms with van der Waals surface area (Å²) in [6.07, 6.45) is -4.03. The minimum absolute atomic E-state index is 0.0136. The van der Waals surface area contributed by atoms with Crippen LogP contribution in [0.1, 0.15) is 60.1 Å². The highest BCUT2D eigenvalue weighted by Gasteiger charge is 2.71. The van der Waals surface area contributed by atoms with Gasteiger partial charge in [-0.05, 0) is 35.9 Å². The van der Waals surface area contributed by atoms with Crippen molar-refractivity contribution in [1.29, 1.82) is 0 Å². The molecule has 238 valence electrons. The van der Waals surface area contributed by atoms with Gasteiger partial charge in [-0.3, -0.25) is 9.36 Å². The van der Waals surface area contributed by atoms with Crippen molar-refractivity contribution in [3.05, 3.63) is 141 Å². The molecule has 0 spiro atoms. The SMILES string of the molecule is O=C(O)c1ccccc1C(O)[C@H]1O[C@@H](n2cnc3ncccc3c2=O)[C@@](O)(c2ccccc2C(=O)O)[C@@]1(O)c1ccccc1C(=O)O. The molecule has 14 heteroatoms. The Morgan fingerprint density at radius 2 is 1.26 bits per heavy atom. The van der Waals surface area contributed by atoms with Gasteiger partial charge in [0.25, 0.3) is 5.56 Å². The smallest absolute Gasteiger partial charge is 0.336 e. The molecule has 6 N–H and O–H groups in total. The van der Waals surface area contributed by atoms with Gasteiger partial charge in [-0.2, -0.15) is 0 Å². The quantitative estimate of drug-likeness (QED) is 0.143. The van der Waals surface area contributed by atoms with Gasteiger partial charge >= 0.3 is 17.9 Å². The summed E-state index contributed by atoms with van der Waals surface area (Å²) in [5, 5.41) is 68.2. The summed E-state index contributed by atoms with van der Waals surface area (Å²) in [6, 6.07) is 17.9. The van der Waals surface area contributed by atoms with Crippen molar-refractivity contribution in [3.63, 3.8) is 0 Å². The normalized spacial score (nSPS) is 23.0. The Hall–Kier alpha value is -5.80. The predicted molar refractivity (Wildman–Crippen MR) is 161 cm³/mol. The van der Waals surface area contributed by atoms with E-state index in [2.05, 4.69) is 9.97 Å². The fraction of sp³-hybridized carbons (Fsp3) is 0.152. The summed E-state index contributed by atoms with van der Waals surface area (Å²) in [6.45, 7) is 0. The van der Waals surface area contributed by atoms with E-state index in [9.17, 15) is 49.8 Å². The van der Waals surface area contributed by atoms with Crippen molar-refractivity contribution in [1.82, 2.24) is 14.5 Å². The molecule has 2 aromatic heterocycles. The molecule has 5 aromatic rings. The van der Waals surface area contributed by atoms with E-state index in [1.54, 1.807) is 0 Å². The van der Waals surface area contributed by atoms with E-state index in [0.29, 0.717) is 0 Å². The molecule has 0 amide bonds. The number of aliphatic hydroxyl groups is 3. The van der Waals surface area contributed by atoms with Gasteiger partial charge < -0.3 is 35.4 Å². The van der Waals surface area contributed by atoms with Crippen LogP contribution in [-0.4, -0.2) is 69.2 Å². The lowest BCUT2D eigenvalue weighted by atomic mass is 9.67. The van der Waals surface area contributed by atoms with Crippen LogP contribution in [0.2, 0.25) is 0 Å². The monoisotopic (exact) mass is 639 g/mol. The first-order valence-corrected chi connectivity index (χ1v) is 14.0. The van der Waals surface area contributed by atoms with Crippen LogP contribution in [0.25, 0.3) is 11.0 Å². The average Bonchev–Trinajstić information content (AvgIpc) is 3.32. The van der Waals surface area contributed by atoms with Crippen molar-refractivity contribution >= 4 is 28.9 Å². The number of ether oxygens (including phenoxy) is 1. The summed E-state index contributed by atoms with van der Waals surface area (Å²) in [4.78, 5) is 59.4. The molecule has 1 aliphatic heterocycles. The Labute approximate surface area is 264 Å². The fourth-order valence-corrected chi connectivity index (χ4v) is 6.27. The molecule has 5 atom stereocenters. The maximum absolute atomic E-state index is 13.9. The van der Waals surface area contributed by atoms with Crippen LogP contribution in [0, 0.1) is 0 Å². The number of carboxylic acid groups (broad SMARTS) is 3. The van der Waals surface area contributed by atoms with Gasteiger partial charge in [0.2, 0.25) is 0 Å². The van der Waals surface area contributed by atoms with E-state index in [1.807, 2.05) is 0 Å². The molecule has 0 radical (unpaired) electrons. The fourth-order valence-electron chi connectivity index (χ4n) is 6.27. The van der Waals surface area contributed by atoms with Crippen molar-refractivity contribution in [2.45, 2.75) is 29.6 Å². The Kier molecular flexibility index (Phi) is 7.65. The number of aliphatic hydroxyl groups excluding tert-OH is 1. The molecule has 47 heavy (non-hydrogen) atoms. The highest BCUT2D eigenvalue weighted by atomic mass is 16.6. The molecule has 3 heterocycles. The van der Waals surface area contributed by atoms with Crippen LogP contribution in [-0.2, 0) is 15.9 Å². The van der Waals surface area contributed by atoms with Crippen molar-refractivity contribution in [3.8, 4) is 0 Å². The van der Waals surface area contributed by atoms with Crippen LogP contribution in [0.15, 0.2) is 102 Å². The second kappa shape index (κ2) is 11.5. The third-order valence-corrected chi connectivity index (χ3v) is 8.37. The van der Waals surface area contributed by atoms with Gasteiger partial charge in [-0.15, -0.1) is 0 Å². The molecule has 0 saturated carbocycles. The second-order valence-electron chi connectivity index (χ2n) is 10.8. The first-order chi connectivity index (χ1) is 22.4. The topological polar surface area (TPSA) is 230 Å². The van der Waals surface area contributed by atoms with E-state index in [-0.39, 0.29) is 16.6 Å². The number of pyridine rings is 1. The second-order valence-corrected chi connectivity index (χ2v) is 10.8. The third-order valence-electron chi connectivity index (χ3n) is 8.37. The number of carboxylic acids is 3. The zero-order valence-corrected chi connectivity index (χ0v) is 24.0. The summed E-state index contributed by atoms with van der Waals surface area (Å²) in [7, 11) is 0. The van der Waals surface area contributed by atoms with E-state index < -0.39 is 80.9 Å². The number of nitrogens with zero attached hydrogens (tertiary/aromatic N) is 3. The maximum Gasteiger partial charge on any atom is 0.336 e. The maximum atomic E-state index is 13.9. The van der Waals surface area contributed by atoms with Gasteiger partial charge in [0, 0.05) is 17.3 Å². The van der Waals surface area contributed by atoms with Crippen LogP contribution in [0.3, 0.4) is 0 Å². The van der Waals surface area contributed by atoms with Crippen LogP contribution in [0.4, 0.5) is 0 Å². The lowest BCUT2D eigenvalue weighted by Gasteiger charge is -2.43. The Bertz CT molecular complexity index is 2130. The first-order valence-electron chi connectivity index (χ1n) is 14.0. The number of benzene rings is 3. The van der Waals surface area contributed by atoms with Gasteiger partial charge in [0.1, 0.15) is 18.5 Å². The average molecular weight is 640 g/mol. The van der Waals surface area contributed by atoms with E-state index in [0.717, 1.165) is 35.2 Å². The predicted octanol–water partition coefficient (Wildman–Crippen LogP) is 2.29. The number of rotatable bonds is 8. The number of hydrogen-bond acceptors (Lipinski definition) is 10. The largest absolute Gasteiger partial charge is 0.478 e. The molecule has 0 aliphatic carbocycles. The lowest BCUT2D eigenvalue weighted by molar-refractivity contribution is -0.176. The zero-order chi connectivity index (χ0) is 33.7. The summed E-state index contributed by atoms with van der Waals surface area (Å²) in [5.41, 5.74) is -9.90. The first kappa shape index (κ1) is 31.2. The molecule has 3 aromatic carbocycles. The molecule has 14 nitrogen and oxygen atoms in total. The highest BCUT2D eigenvalue weighted by Crippen LogP contribution is 2.60. The summed E-state index contributed by atoms with van der Waals surface area (Å²) in [5.74, 6) is -4.59. The molecule has 1 unspecified atom stereocenters. The van der Waals surface area contributed by atoms with E-state index in [1.165, 1.54) is 66.9 Å². The van der Waals surface area contributed by atoms with E-state index in [4.69, 9.17) is 4.74 Å². The Morgan fingerprint density at radius 1 is 0.723 bits per heavy atom. The Balaban J connectivity index is 1.75. The van der Waals surface area contributed by atoms with E-state index >= 15 is 0 Å². The third kappa shape index (κ3) is 4.66. The summed E-state index contributed by atoms with van der Waals surface area (Å²) >= 11 is 0. The van der Waals surface area contributed by atoms with Crippen molar-refractivity contribution in [2.75, 3.05) is 0 Å².